The number of hydrazine groups is 1. The average molecular weight is 596 g/mol. The lowest BCUT2D eigenvalue weighted by Crippen LogP contribution is -2.46. The molecule has 3 aromatic carbocycles. The molecule has 4 N–H and O–H groups in total. The van der Waals surface area contributed by atoms with Gasteiger partial charge in [-0.05, 0) is 60.0 Å². The Bertz CT molecular complexity index is 1600. The van der Waals surface area contributed by atoms with E-state index in [1.165, 1.54) is 17.0 Å². The topological polar surface area (TPSA) is 85.5 Å². The Labute approximate surface area is 233 Å². The number of amides is 3. The number of hydrogen-bond donors (Lipinski definition) is 4. The zero-order valence-corrected chi connectivity index (χ0v) is 21.6. The van der Waals surface area contributed by atoms with Crippen molar-refractivity contribution in [1.29, 1.82) is 0 Å². The third-order valence-corrected chi connectivity index (χ3v) is 7.80. The van der Waals surface area contributed by atoms with E-state index in [2.05, 4.69) is 21.5 Å². The van der Waals surface area contributed by atoms with E-state index in [0.717, 1.165) is 12.1 Å². The van der Waals surface area contributed by atoms with Crippen LogP contribution < -0.4 is 26.4 Å². The summed E-state index contributed by atoms with van der Waals surface area (Å²) >= 11 is 6.39. The molecule has 0 spiro atoms. The first kappa shape index (κ1) is 27.4. The number of hydrogen-bond acceptors (Lipinski definition) is 4. The van der Waals surface area contributed by atoms with Crippen LogP contribution in [-0.4, -0.2) is 31.3 Å². The predicted molar refractivity (Wildman–Crippen MR) is 137 cm³/mol. The van der Waals surface area contributed by atoms with Gasteiger partial charge in [0.1, 0.15) is 11.6 Å². The van der Waals surface area contributed by atoms with Crippen molar-refractivity contribution in [2.24, 2.45) is 0 Å². The van der Waals surface area contributed by atoms with Gasteiger partial charge in [-0.2, -0.15) is 13.2 Å². The number of halogens is 7. The van der Waals surface area contributed by atoms with E-state index >= 15 is 0 Å². The highest BCUT2D eigenvalue weighted by Crippen LogP contribution is 2.49. The molecule has 41 heavy (non-hydrogen) atoms. The fourth-order valence-electron chi connectivity index (χ4n) is 5.64. The van der Waals surface area contributed by atoms with Crippen molar-refractivity contribution >= 4 is 34.9 Å². The fourth-order valence-corrected chi connectivity index (χ4v) is 5.87. The van der Waals surface area contributed by atoms with Crippen LogP contribution in [0, 0.1) is 11.6 Å². The van der Waals surface area contributed by atoms with Gasteiger partial charge in [0.15, 0.2) is 6.30 Å². The molecular formula is C27H20ClF6N5O2. The number of anilines is 2. The number of nitrogens with one attached hydrogen (secondary N) is 4. The zero-order valence-electron chi connectivity index (χ0n) is 20.8. The Hall–Kier alpha value is -3.81. The largest absolute Gasteiger partial charge is 0.416 e. The second-order valence-corrected chi connectivity index (χ2v) is 10.3. The average Bonchev–Trinajstić information content (AvgIpc) is 3.54. The van der Waals surface area contributed by atoms with Crippen molar-refractivity contribution in [3.8, 4) is 0 Å². The SMILES string of the molecule is O=C(Nc1cc(C2CNNC2F)c2c3c1C(c1cc(F)ccc1Cl)NC(=O)N3CC2)c1cc(F)cc(C(F)(F)F)c1. The monoisotopic (exact) mass is 595 g/mol. The summed E-state index contributed by atoms with van der Waals surface area (Å²) in [4.78, 5) is 27.9. The van der Waals surface area contributed by atoms with E-state index in [4.69, 9.17) is 11.6 Å². The van der Waals surface area contributed by atoms with Gasteiger partial charge in [0, 0.05) is 46.4 Å². The standard InChI is InChI=1S/C27H20ClF6N5O2/c28-19-2-1-13(29)8-17(19)22-21-20(36-25(40)11-5-12(27(32,33)34)7-14(30)6-11)9-16(18-10-35-38-24(18)31)15-3-4-39(23(15)21)26(41)37-22/h1-2,5-9,18,22,24,35,38H,3-4,10H2,(H,36,40)(H,37,41). The molecular weight excluding hydrogens is 576 g/mol. The summed E-state index contributed by atoms with van der Waals surface area (Å²) < 4.78 is 83.3. The molecule has 3 unspecified atom stereocenters. The van der Waals surface area contributed by atoms with Gasteiger partial charge in [0.05, 0.1) is 17.3 Å². The molecule has 1 fully saturated rings. The van der Waals surface area contributed by atoms with Crippen LogP contribution in [0.5, 0.6) is 0 Å². The van der Waals surface area contributed by atoms with E-state index < -0.39 is 59.1 Å². The third kappa shape index (κ3) is 4.77. The van der Waals surface area contributed by atoms with Crippen LogP contribution in [0.4, 0.5) is 42.5 Å². The molecule has 3 atom stereocenters. The molecule has 1 saturated heterocycles. The van der Waals surface area contributed by atoms with E-state index in [0.29, 0.717) is 35.4 Å². The van der Waals surface area contributed by atoms with Crippen molar-refractivity contribution < 1.29 is 35.9 Å². The van der Waals surface area contributed by atoms with Gasteiger partial charge in [-0.3, -0.25) is 15.1 Å². The van der Waals surface area contributed by atoms with Gasteiger partial charge in [-0.25, -0.2) is 23.4 Å². The minimum Gasteiger partial charge on any atom is -0.327 e. The van der Waals surface area contributed by atoms with Gasteiger partial charge < -0.3 is 10.6 Å². The Morgan fingerprint density at radius 2 is 1.83 bits per heavy atom. The van der Waals surface area contributed by atoms with Crippen molar-refractivity contribution in [2.45, 2.75) is 30.9 Å². The summed E-state index contributed by atoms with van der Waals surface area (Å²) in [5.41, 5.74) is 5.14. The molecule has 214 valence electrons. The molecule has 3 heterocycles. The maximum atomic E-state index is 14.9. The molecule has 3 amide bonds. The number of urea groups is 1. The van der Waals surface area contributed by atoms with E-state index in [1.54, 1.807) is 0 Å². The van der Waals surface area contributed by atoms with Crippen LogP contribution >= 0.6 is 11.6 Å². The lowest BCUT2D eigenvalue weighted by atomic mass is 9.85. The van der Waals surface area contributed by atoms with Gasteiger partial charge in [-0.15, -0.1) is 0 Å². The van der Waals surface area contributed by atoms with Crippen molar-refractivity contribution in [3.63, 3.8) is 0 Å². The zero-order chi connectivity index (χ0) is 29.2. The van der Waals surface area contributed by atoms with Crippen molar-refractivity contribution in [2.75, 3.05) is 23.3 Å². The number of nitrogens with zero attached hydrogens (tertiary/aromatic N) is 1. The van der Waals surface area contributed by atoms with E-state index in [-0.39, 0.29) is 41.0 Å². The van der Waals surface area contributed by atoms with Crippen LogP contribution in [-0.2, 0) is 12.6 Å². The molecule has 3 aliphatic rings. The molecule has 6 rings (SSSR count). The maximum absolute atomic E-state index is 14.9. The molecule has 0 aromatic heterocycles. The molecule has 0 radical (unpaired) electrons. The Kier molecular flexibility index (Phi) is 6.63. The first-order valence-electron chi connectivity index (χ1n) is 12.5. The number of benzene rings is 3. The molecule has 3 aromatic rings. The summed E-state index contributed by atoms with van der Waals surface area (Å²) in [6.07, 6.45) is -6.08. The summed E-state index contributed by atoms with van der Waals surface area (Å²) in [6.45, 7) is 0.399. The van der Waals surface area contributed by atoms with Gasteiger partial charge in [-0.1, -0.05) is 11.6 Å². The molecule has 7 nitrogen and oxygen atoms in total. The second kappa shape index (κ2) is 9.93. The number of alkyl halides is 4. The fraction of sp³-hybridized carbons (Fsp3) is 0.259. The van der Waals surface area contributed by atoms with Crippen LogP contribution in [0.3, 0.4) is 0 Å². The second-order valence-electron chi connectivity index (χ2n) is 9.92. The van der Waals surface area contributed by atoms with Gasteiger partial charge in [0.25, 0.3) is 5.91 Å². The van der Waals surface area contributed by atoms with Crippen LogP contribution in [0.15, 0.2) is 42.5 Å². The quantitative estimate of drug-likeness (QED) is 0.235. The van der Waals surface area contributed by atoms with Gasteiger partial charge in [0.2, 0.25) is 0 Å². The molecule has 0 saturated carbocycles. The molecule has 3 aliphatic heterocycles. The summed E-state index contributed by atoms with van der Waals surface area (Å²) in [5.74, 6) is -3.74. The normalized spacial score (nSPS) is 21.6. The lowest BCUT2D eigenvalue weighted by Gasteiger charge is -2.36. The number of carbonyl (C=O) groups excluding carboxylic acids is 2. The van der Waals surface area contributed by atoms with Crippen LogP contribution in [0.2, 0.25) is 5.02 Å². The Morgan fingerprint density at radius 1 is 1.05 bits per heavy atom. The molecule has 0 bridgehead atoms. The number of carbonyl (C=O) groups is 2. The lowest BCUT2D eigenvalue weighted by molar-refractivity contribution is -0.137. The minimum absolute atomic E-state index is 0.0119. The highest BCUT2D eigenvalue weighted by atomic mass is 35.5. The summed E-state index contributed by atoms with van der Waals surface area (Å²) in [5, 5.41) is 5.40. The van der Waals surface area contributed by atoms with E-state index in [1.807, 2.05) is 0 Å². The van der Waals surface area contributed by atoms with Crippen LogP contribution in [0.25, 0.3) is 0 Å². The smallest absolute Gasteiger partial charge is 0.327 e. The summed E-state index contributed by atoms with van der Waals surface area (Å²) in [6, 6.07) is 4.85. The third-order valence-electron chi connectivity index (χ3n) is 7.46. The van der Waals surface area contributed by atoms with Gasteiger partial charge >= 0.3 is 12.2 Å². The highest BCUT2D eigenvalue weighted by molar-refractivity contribution is 6.31. The summed E-state index contributed by atoms with van der Waals surface area (Å²) in [7, 11) is 0. The van der Waals surface area contributed by atoms with Crippen molar-refractivity contribution in [1.82, 2.24) is 16.2 Å². The van der Waals surface area contributed by atoms with Crippen molar-refractivity contribution in [3.05, 3.63) is 92.5 Å². The molecule has 14 heteroatoms. The highest BCUT2D eigenvalue weighted by Gasteiger charge is 2.43. The number of rotatable bonds is 4. The predicted octanol–water partition coefficient (Wildman–Crippen LogP) is 5.55. The van der Waals surface area contributed by atoms with E-state index in [9.17, 15) is 35.9 Å². The molecule has 0 aliphatic carbocycles. The maximum Gasteiger partial charge on any atom is 0.416 e. The Morgan fingerprint density at radius 3 is 2.54 bits per heavy atom. The first-order valence-corrected chi connectivity index (χ1v) is 12.8. The van der Waals surface area contributed by atoms with Crippen LogP contribution in [0.1, 0.15) is 50.1 Å². The Balaban J connectivity index is 1.54. The minimum atomic E-state index is -4.91. The first-order chi connectivity index (χ1) is 19.4.